The normalized spacial score (nSPS) is 23.2. The van der Waals surface area contributed by atoms with Crippen LogP contribution in [0.5, 0.6) is 0 Å². The van der Waals surface area contributed by atoms with Crippen LogP contribution in [0.1, 0.15) is 71.6 Å². The molecular formula is C18H38N3OPS2. The molecule has 1 fully saturated rings. The number of hydrazine groups is 1. The molecule has 0 radical (unpaired) electrons. The Morgan fingerprint density at radius 3 is 2.88 bits per heavy atom. The molecule has 0 aromatic rings. The predicted octanol–water partition coefficient (Wildman–Crippen LogP) is 5.21. The Morgan fingerprint density at radius 2 is 2.04 bits per heavy atom. The van der Waals surface area contributed by atoms with Gasteiger partial charge in [-0.1, -0.05) is 43.9 Å². The van der Waals surface area contributed by atoms with E-state index < -0.39 is 0 Å². The summed E-state index contributed by atoms with van der Waals surface area (Å²) in [5, 5.41) is 0.795. The Kier molecular flexibility index (Phi) is 15.8. The Labute approximate surface area is 165 Å². The van der Waals surface area contributed by atoms with E-state index in [9.17, 15) is 0 Å². The van der Waals surface area contributed by atoms with Gasteiger partial charge in [-0.3, -0.25) is 4.72 Å². The van der Waals surface area contributed by atoms with E-state index in [4.69, 9.17) is 4.52 Å². The van der Waals surface area contributed by atoms with Gasteiger partial charge in [0.1, 0.15) is 0 Å². The molecule has 0 saturated heterocycles. The van der Waals surface area contributed by atoms with Crippen molar-refractivity contribution in [1.29, 1.82) is 0 Å². The summed E-state index contributed by atoms with van der Waals surface area (Å²) >= 11 is 0. The van der Waals surface area contributed by atoms with Crippen molar-refractivity contribution in [3.8, 4) is 0 Å². The van der Waals surface area contributed by atoms with Gasteiger partial charge in [0.15, 0.2) is 0 Å². The molecule has 0 aromatic carbocycles. The van der Waals surface area contributed by atoms with Crippen LogP contribution in [0.25, 0.3) is 0 Å². The van der Waals surface area contributed by atoms with Crippen molar-refractivity contribution in [3.05, 3.63) is 11.8 Å². The molecule has 0 bridgehead atoms. The molecule has 7 heteroatoms. The fourth-order valence-electron chi connectivity index (χ4n) is 3.18. The number of hydrogen-bond donors (Lipinski definition) is 3. The van der Waals surface area contributed by atoms with Gasteiger partial charge in [0.2, 0.25) is 0 Å². The van der Waals surface area contributed by atoms with Crippen molar-refractivity contribution >= 4 is 31.2 Å². The molecule has 1 aliphatic heterocycles. The quantitative estimate of drug-likeness (QED) is 0.200. The number of hydrogen-bond acceptors (Lipinski definition) is 6. The molecule has 1 aliphatic carbocycles. The third-order valence-corrected chi connectivity index (χ3v) is 7.46. The van der Waals surface area contributed by atoms with Crippen molar-refractivity contribution in [2.45, 2.75) is 76.9 Å². The minimum absolute atomic E-state index is 0.768. The van der Waals surface area contributed by atoms with Crippen molar-refractivity contribution in [2.75, 3.05) is 19.7 Å². The summed E-state index contributed by atoms with van der Waals surface area (Å²) in [6.07, 6.45) is 13.9. The van der Waals surface area contributed by atoms with Crippen molar-refractivity contribution < 1.29 is 4.52 Å². The fourth-order valence-corrected chi connectivity index (χ4v) is 5.69. The molecule has 1 saturated carbocycles. The van der Waals surface area contributed by atoms with Crippen LogP contribution in [0.4, 0.5) is 0 Å². The van der Waals surface area contributed by atoms with E-state index >= 15 is 0 Å². The maximum absolute atomic E-state index is 4.99. The lowest BCUT2D eigenvalue weighted by atomic mass is 9.86. The van der Waals surface area contributed by atoms with E-state index in [2.05, 4.69) is 42.0 Å². The molecule has 0 aromatic heterocycles. The first kappa shape index (κ1) is 23.6. The molecule has 148 valence electrons. The highest BCUT2D eigenvalue weighted by Gasteiger charge is 2.22. The Balaban J connectivity index is 0.00000151. The summed E-state index contributed by atoms with van der Waals surface area (Å²) in [5.41, 5.74) is 8.07. The first-order chi connectivity index (χ1) is 12.4. The first-order valence-corrected chi connectivity index (χ1v) is 12.6. The van der Waals surface area contributed by atoms with Crippen LogP contribution in [0, 0.1) is 5.92 Å². The molecule has 25 heavy (non-hydrogen) atoms. The molecule has 3 atom stereocenters. The lowest BCUT2D eigenvalue weighted by molar-refractivity contribution is 0.353. The molecule has 4 nitrogen and oxygen atoms in total. The third-order valence-electron chi connectivity index (χ3n) is 4.60. The zero-order chi connectivity index (χ0) is 18.2. The van der Waals surface area contributed by atoms with Crippen LogP contribution >= 0.6 is 31.2 Å². The first-order valence-electron chi connectivity index (χ1n) is 9.94. The van der Waals surface area contributed by atoms with E-state index in [1.807, 2.05) is 24.8 Å². The smallest absolute Gasteiger partial charge is 0.0501 e. The van der Waals surface area contributed by atoms with Gasteiger partial charge in [-0.25, -0.2) is 5.43 Å². The standard InChI is InChI=1S/C16H32N3OPS2.C2H6/c21-20-11-4-2-1-3-10-19-23-22-16-7-5-6-14-12-17-18-13-15(14)8-9-16;1-2/h13-14,16-19H,1-12,21H2;1-2H3. The Morgan fingerprint density at radius 1 is 1.20 bits per heavy atom. The molecule has 0 spiro atoms. The average Bonchev–Trinajstić information content (AvgIpc) is 2.64. The number of fused-ring (bicyclic) bond motifs is 1. The highest BCUT2D eigenvalue weighted by Crippen LogP contribution is 2.36. The molecule has 0 amide bonds. The summed E-state index contributed by atoms with van der Waals surface area (Å²) in [7, 11) is 6.23. The zero-order valence-electron chi connectivity index (χ0n) is 16.0. The van der Waals surface area contributed by atoms with Gasteiger partial charge in [-0.05, 0) is 61.0 Å². The number of unbranched alkanes of at least 4 members (excludes halogenated alkanes) is 3. The predicted molar refractivity (Wildman–Crippen MR) is 118 cm³/mol. The van der Waals surface area contributed by atoms with Gasteiger partial charge in [-0.15, -0.1) is 0 Å². The summed E-state index contributed by atoms with van der Waals surface area (Å²) in [6, 6.07) is 0. The van der Waals surface area contributed by atoms with Crippen LogP contribution in [0.3, 0.4) is 0 Å². The highest BCUT2D eigenvalue weighted by molar-refractivity contribution is 8.76. The van der Waals surface area contributed by atoms with E-state index in [-0.39, 0.29) is 0 Å². The minimum atomic E-state index is 0.768. The molecule has 3 N–H and O–H groups in total. The van der Waals surface area contributed by atoms with Crippen molar-refractivity contribution in [1.82, 2.24) is 15.6 Å². The maximum Gasteiger partial charge on any atom is 0.0501 e. The molecular weight excluding hydrogens is 369 g/mol. The van der Waals surface area contributed by atoms with Gasteiger partial charge in [0.25, 0.3) is 0 Å². The minimum Gasteiger partial charge on any atom is -0.366 e. The number of nitrogens with one attached hydrogen (secondary N) is 3. The largest absolute Gasteiger partial charge is 0.366 e. The Bertz CT molecular complexity index is 348. The zero-order valence-corrected chi connectivity index (χ0v) is 18.8. The van der Waals surface area contributed by atoms with Crippen molar-refractivity contribution in [3.63, 3.8) is 0 Å². The monoisotopic (exact) mass is 407 g/mol. The van der Waals surface area contributed by atoms with Gasteiger partial charge in [0, 0.05) is 34.0 Å². The van der Waals surface area contributed by atoms with Crippen LogP contribution in [-0.2, 0) is 4.52 Å². The topological polar surface area (TPSA) is 45.3 Å². The van der Waals surface area contributed by atoms with E-state index in [0.29, 0.717) is 0 Å². The SMILES string of the molecule is CC.POCCCCCCNSSC1CCCC2CNNC=C2CC1. The molecule has 2 aliphatic rings. The second-order valence-corrected chi connectivity index (χ2v) is 9.12. The van der Waals surface area contributed by atoms with Gasteiger partial charge in [-0.2, -0.15) is 0 Å². The highest BCUT2D eigenvalue weighted by atomic mass is 33.1. The van der Waals surface area contributed by atoms with Crippen LogP contribution in [0.15, 0.2) is 11.8 Å². The third kappa shape index (κ3) is 11.1. The lowest BCUT2D eigenvalue weighted by Gasteiger charge is -2.30. The second kappa shape index (κ2) is 16.7. The van der Waals surface area contributed by atoms with E-state index in [1.165, 1.54) is 57.8 Å². The summed E-state index contributed by atoms with van der Waals surface area (Å²) < 4.78 is 8.51. The van der Waals surface area contributed by atoms with Gasteiger partial charge < -0.3 is 9.95 Å². The van der Waals surface area contributed by atoms with Gasteiger partial charge in [0.05, 0.1) is 6.61 Å². The van der Waals surface area contributed by atoms with Crippen LogP contribution < -0.4 is 15.6 Å². The summed E-state index contributed by atoms with van der Waals surface area (Å²) in [5.74, 6) is 0.768. The van der Waals surface area contributed by atoms with Crippen LogP contribution in [0.2, 0.25) is 0 Å². The Hall–Kier alpha value is 0.550. The van der Waals surface area contributed by atoms with Gasteiger partial charge >= 0.3 is 0 Å². The maximum atomic E-state index is 4.99. The van der Waals surface area contributed by atoms with Crippen LogP contribution in [-0.4, -0.2) is 24.9 Å². The van der Waals surface area contributed by atoms with Crippen molar-refractivity contribution in [2.24, 2.45) is 5.92 Å². The second-order valence-electron chi connectivity index (χ2n) is 6.39. The lowest BCUT2D eigenvalue weighted by Crippen LogP contribution is -2.38. The summed E-state index contributed by atoms with van der Waals surface area (Å²) in [4.78, 5) is 0. The molecule has 1 heterocycles. The molecule has 2 rings (SSSR count). The fraction of sp³-hybridized carbons (Fsp3) is 0.889. The number of rotatable bonds is 10. The summed E-state index contributed by atoms with van der Waals surface area (Å²) in [6.45, 7) is 7.09. The van der Waals surface area contributed by atoms with E-state index in [1.54, 1.807) is 5.57 Å². The molecule has 3 unspecified atom stereocenters. The van der Waals surface area contributed by atoms with E-state index in [0.717, 1.165) is 30.9 Å². The average molecular weight is 408 g/mol.